The number of nitrogens with zero attached hydrogens (tertiary/aromatic N) is 1. The third-order valence-corrected chi connectivity index (χ3v) is 6.65. The number of aromatic nitrogens is 1. The van der Waals surface area contributed by atoms with E-state index in [4.69, 9.17) is 0 Å². The maximum Gasteiger partial charge on any atom is 0.261 e. The Hall–Kier alpha value is -3.56. The Morgan fingerprint density at radius 2 is 1.84 bits per heavy atom. The lowest BCUT2D eigenvalue weighted by Gasteiger charge is -2.10. The predicted molar refractivity (Wildman–Crippen MR) is 122 cm³/mol. The first-order valence-electron chi connectivity index (χ1n) is 9.54. The van der Waals surface area contributed by atoms with Gasteiger partial charge in [-0.15, -0.1) is 0 Å². The van der Waals surface area contributed by atoms with E-state index in [0.717, 1.165) is 28.8 Å². The van der Waals surface area contributed by atoms with Gasteiger partial charge in [-0.05, 0) is 70.4 Å². The number of thiophene rings is 1. The normalized spacial score (nSPS) is 11.2. The smallest absolute Gasteiger partial charge is 0.261 e. The van der Waals surface area contributed by atoms with Crippen LogP contribution in [-0.2, 0) is 16.6 Å². The van der Waals surface area contributed by atoms with E-state index < -0.39 is 15.8 Å². The van der Waals surface area contributed by atoms with Gasteiger partial charge in [0.05, 0.1) is 4.90 Å². The van der Waals surface area contributed by atoms with Gasteiger partial charge in [0, 0.05) is 35.8 Å². The Morgan fingerprint density at radius 3 is 2.62 bits per heavy atom. The van der Waals surface area contributed by atoms with Gasteiger partial charge in [0.15, 0.2) is 0 Å². The highest BCUT2D eigenvalue weighted by atomic mass is 32.2. The molecule has 0 radical (unpaired) electrons. The molecule has 6 nitrogen and oxygen atoms in total. The molecular weight excluding hydrogens is 449 g/mol. The van der Waals surface area contributed by atoms with Gasteiger partial charge in [-0.2, -0.15) is 11.3 Å². The van der Waals surface area contributed by atoms with E-state index in [9.17, 15) is 17.6 Å². The van der Waals surface area contributed by atoms with Crippen LogP contribution in [0, 0.1) is 5.82 Å². The van der Waals surface area contributed by atoms with Crippen molar-refractivity contribution in [2.24, 2.45) is 0 Å². The van der Waals surface area contributed by atoms with E-state index in [0.29, 0.717) is 0 Å². The van der Waals surface area contributed by atoms with E-state index in [-0.39, 0.29) is 28.6 Å². The van der Waals surface area contributed by atoms with Gasteiger partial charge in [-0.25, -0.2) is 12.8 Å². The molecule has 2 N–H and O–H groups in total. The fourth-order valence-electron chi connectivity index (χ4n) is 3.03. The molecule has 4 rings (SSSR count). The summed E-state index contributed by atoms with van der Waals surface area (Å²) in [6, 6.07) is 14.7. The zero-order valence-corrected chi connectivity index (χ0v) is 18.3. The molecule has 0 unspecified atom stereocenters. The number of hydrogen-bond acceptors (Lipinski definition) is 5. The molecule has 0 aliphatic heterocycles. The van der Waals surface area contributed by atoms with Gasteiger partial charge in [0.1, 0.15) is 5.82 Å². The predicted octanol–water partition coefficient (Wildman–Crippen LogP) is 4.68. The molecule has 0 fully saturated rings. The van der Waals surface area contributed by atoms with Gasteiger partial charge < -0.3 is 5.32 Å². The Labute approximate surface area is 188 Å². The van der Waals surface area contributed by atoms with Gasteiger partial charge >= 0.3 is 0 Å². The van der Waals surface area contributed by atoms with Gasteiger partial charge in [-0.1, -0.05) is 12.1 Å². The number of hydrogen-bond donors (Lipinski definition) is 2. The number of rotatable bonds is 7. The molecule has 0 bridgehead atoms. The van der Waals surface area contributed by atoms with Crippen LogP contribution in [0.3, 0.4) is 0 Å². The van der Waals surface area contributed by atoms with Crippen molar-refractivity contribution in [3.63, 3.8) is 0 Å². The fourth-order valence-corrected chi connectivity index (χ4v) is 4.77. The van der Waals surface area contributed by atoms with Crippen molar-refractivity contribution in [3.05, 3.63) is 101 Å². The molecule has 2 heterocycles. The van der Waals surface area contributed by atoms with Crippen LogP contribution in [0.1, 0.15) is 15.9 Å². The summed E-state index contributed by atoms with van der Waals surface area (Å²) >= 11 is 1.60. The Balaban J connectivity index is 1.44. The Bertz CT molecular complexity index is 1360. The van der Waals surface area contributed by atoms with Crippen molar-refractivity contribution in [1.29, 1.82) is 0 Å². The summed E-state index contributed by atoms with van der Waals surface area (Å²) in [5, 5.41) is 6.82. The molecule has 0 aliphatic rings. The van der Waals surface area contributed by atoms with Gasteiger partial charge in [-0.3, -0.25) is 14.5 Å². The van der Waals surface area contributed by atoms with E-state index in [1.54, 1.807) is 35.9 Å². The number of pyridine rings is 1. The second-order valence-electron chi connectivity index (χ2n) is 6.92. The van der Waals surface area contributed by atoms with Crippen molar-refractivity contribution in [2.75, 3.05) is 4.72 Å². The Morgan fingerprint density at radius 1 is 1.00 bits per heavy atom. The lowest BCUT2D eigenvalue weighted by Crippen LogP contribution is -2.23. The lowest BCUT2D eigenvalue weighted by molar-refractivity contribution is 0.0951. The number of benzene rings is 2. The first-order valence-corrected chi connectivity index (χ1v) is 12.0. The maximum atomic E-state index is 13.4. The monoisotopic (exact) mass is 467 g/mol. The van der Waals surface area contributed by atoms with Crippen LogP contribution in [0.15, 0.2) is 88.7 Å². The molecule has 1 amide bonds. The number of amides is 1. The highest BCUT2D eigenvalue weighted by Crippen LogP contribution is 2.22. The van der Waals surface area contributed by atoms with Crippen molar-refractivity contribution < 1.29 is 17.6 Å². The fraction of sp³-hybridized carbons (Fsp3) is 0.0435. The summed E-state index contributed by atoms with van der Waals surface area (Å²) in [5.74, 6) is -1.02. The topological polar surface area (TPSA) is 88.2 Å². The average Bonchev–Trinajstić information content (AvgIpc) is 3.33. The summed E-state index contributed by atoms with van der Waals surface area (Å²) in [4.78, 5) is 16.6. The van der Waals surface area contributed by atoms with Crippen molar-refractivity contribution >= 4 is 33.0 Å². The first-order chi connectivity index (χ1) is 15.4. The zero-order valence-electron chi connectivity index (χ0n) is 16.7. The van der Waals surface area contributed by atoms with E-state index in [1.807, 2.05) is 22.9 Å². The molecule has 0 spiro atoms. The summed E-state index contributed by atoms with van der Waals surface area (Å²) in [5.41, 5.74) is 3.35. The van der Waals surface area contributed by atoms with Crippen LogP contribution < -0.4 is 10.0 Å². The molecule has 4 aromatic rings. The van der Waals surface area contributed by atoms with E-state index in [2.05, 4.69) is 15.0 Å². The largest absolute Gasteiger partial charge is 0.348 e. The molecule has 2 aromatic heterocycles. The first kappa shape index (κ1) is 21.7. The summed E-state index contributed by atoms with van der Waals surface area (Å²) < 4.78 is 40.7. The number of carbonyl (C=O) groups excluding carboxylic acids is 1. The SMILES string of the molecule is O=C(NCc1cncc(-c2ccsc2)c1)c1cccc(NS(=O)(=O)c2cccc(F)c2)c1. The van der Waals surface area contributed by atoms with Gasteiger partial charge in [0.25, 0.3) is 15.9 Å². The lowest BCUT2D eigenvalue weighted by atomic mass is 10.1. The van der Waals surface area contributed by atoms with Crippen LogP contribution in [0.25, 0.3) is 11.1 Å². The van der Waals surface area contributed by atoms with Crippen LogP contribution in [0.4, 0.5) is 10.1 Å². The summed E-state index contributed by atoms with van der Waals surface area (Å²) in [6.07, 6.45) is 3.45. The molecule has 32 heavy (non-hydrogen) atoms. The molecule has 9 heteroatoms. The molecular formula is C23H18FN3O3S2. The maximum absolute atomic E-state index is 13.4. The van der Waals surface area contributed by atoms with Gasteiger partial charge in [0.2, 0.25) is 0 Å². The molecule has 0 aliphatic carbocycles. The molecule has 0 atom stereocenters. The van der Waals surface area contributed by atoms with Crippen LogP contribution >= 0.6 is 11.3 Å². The highest BCUT2D eigenvalue weighted by Gasteiger charge is 2.16. The minimum atomic E-state index is -3.99. The number of carbonyl (C=O) groups is 1. The summed E-state index contributed by atoms with van der Waals surface area (Å²) in [6.45, 7) is 0.267. The number of sulfonamides is 1. The van der Waals surface area contributed by atoms with Crippen molar-refractivity contribution in [1.82, 2.24) is 10.3 Å². The van der Waals surface area contributed by atoms with Crippen molar-refractivity contribution in [2.45, 2.75) is 11.4 Å². The highest BCUT2D eigenvalue weighted by molar-refractivity contribution is 7.92. The van der Waals surface area contributed by atoms with Crippen LogP contribution in [0.5, 0.6) is 0 Å². The molecule has 162 valence electrons. The zero-order chi connectivity index (χ0) is 22.6. The molecule has 0 saturated heterocycles. The third kappa shape index (κ3) is 5.19. The minimum absolute atomic E-state index is 0.197. The second kappa shape index (κ2) is 9.29. The van der Waals surface area contributed by atoms with Crippen LogP contribution in [0.2, 0.25) is 0 Å². The number of anilines is 1. The molecule has 2 aromatic carbocycles. The number of nitrogens with one attached hydrogen (secondary N) is 2. The quantitative estimate of drug-likeness (QED) is 0.413. The van der Waals surface area contributed by atoms with Crippen LogP contribution in [-0.4, -0.2) is 19.3 Å². The average molecular weight is 468 g/mol. The van der Waals surface area contributed by atoms with Crippen molar-refractivity contribution in [3.8, 4) is 11.1 Å². The minimum Gasteiger partial charge on any atom is -0.348 e. The second-order valence-corrected chi connectivity index (χ2v) is 9.38. The standard InChI is InChI=1S/C23H18FN3O3S2/c24-20-4-2-6-22(11-20)32(29,30)27-21-5-1-3-17(10-21)23(28)26-13-16-9-19(14-25-12-16)18-7-8-31-15-18/h1-12,14-15,27H,13H2,(H,26,28). The third-order valence-electron chi connectivity index (χ3n) is 4.59. The number of halogens is 1. The summed E-state index contributed by atoms with van der Waals surface area (Å²) in [7, 11) is -3.99. The van der Waals surface area contributed by atoms with E-state index in [1.165, 1.54) is 24.3 Å². The molecule has 0 saturated carbocycles. The Kier molecular flexibility index (Phi) is 6.29. The van der Waals surface area contributed by atoms with E-state index >= 15 is 0 Å².